The van der Waals surface area contributed by atoms with E-state index in [1.54, 1.807) is 0 Å². The van der Waals surface area contributed by atoms with Crippen LogP contribution in [0.25, 0.3) is 16.6 Å². The lowest BCUT2D eigenvalue weighted by Crippen LogP contribution is -2.23. The van der Waals surface area contributed by atoms with Crippen molar-refractivity contribution in [2.24, 2.45) is 5.73 Å². The first-order valence-electron chi connectivity index (χ1n) is 8.51. The fourth-order valence-corrected chi connectivity index (χ4v) is 4.03. The van der Waals surface area contributed by atoms with Gasteiger partial charge in [0.15, 0.2) is 0 Å². The van der Waals surface area contributed by atoms with Crippen LogP contribution in [0.2, 0.25) is 0 Å². The van der Waals surface area contributed by atoms with Crippen molar-refractivity contribution in [2.75, 3.05) is 5.73 Å². The minimum Gasteiger partial charge on any atom is -0.368 e. The number of nitrogen functional groups attached to an aromatic ring is 1. The topological polar surface area (TPSA) is 121 Å². The monoisotopic (exact) mass is 420 g/mol. The molecule has 3 rings (SSSR count). The van der Waals surface area contributed by atoms with E-state index in [-0.39, 0.29) is 33.7 Å². The van der Waals surface area contributed by atoms with Crippen molar-refractivity contribution in [1.82, 2.24) is 8.96 Å². The Bertz CT molecular complexity index is 1260. The molecule has 4 N–H and O–H groups in total. The smallest absolute Gasteiger partial charge is 0.244 e. The number of carbonyl (C=O) groups is 1. The Hall–Kier alpha value is -3.27. The maximum Gasteiger partial charge on any atom is 0.244 e. The van der Waals surface area contributed by atoms with Crippen LogP contribution in [-0.4, -0.2) is 28.5 Å². The normalized spacial score (nSPS) is 12.7. The van der Waals surface area contributed by atoms with Crippen LogP contribution in [0.4, 0.5) is 14.7 Å². The first kappa shape index (κ1) is 20.5. The van der Waals surface area contributed by atoms with E-state index in [4.69, 9.17) is 11.5 Å². The number of aromatic nitrogens is 2. The Morgan fingerprint density at radius 3 is 2.48 bits per heavy atom. The van der Waals surface area contributed by atoms with Gasteiger partial charge in [0.2, 0.25) is 21.9 Å². The van der Waals surface area contributed by atoms with Gasteiger partial charge >= 0.3 is 0 Å². The zero-order valence-electron chi connectivity index (χ0n) is 15.6. The summed E-state index contributed by atoms with van der Waals surface area (Å²) in [5.74, 6) is -2.61. The van der Waals surface area contributed by atoms with Crippen LogP contribution < -0.4 is 11.5 Å². The maximum atomic E-state index is 14.4. The SMILES string of the molecule is CC(C)S(=O)(=O)n1c(N)nc2ccc(/C(=C/C(N)=O)c3cc(F)ccc3F)cc21. The Morgan fingerprint density at radius 2 is 1.86 bits per heavy atom. The third-order valence-corrected chi connectivity index (χ3v) is 6.39. The lowest BCUT2D eigenvalue weighted by Gasteiger charge is -2.13. The Kier molecular flexibility index (Phi) is 5.14. The average Bonchev–Trinajstić information content (AvgIpc) is 2.97. The van der Waals surface area contributed by atoms with Gasteiger partial charge in [-0.25, -0.2) is 26.2 Å². The van der Waals surface area contributed by atoms with E-state index in [1.165, 1.54) is 32.0 Å². The second-order valence-corrected chi connectivity index (χ2v) is 8.95. The second-order valence-electron chi connectivity index (χ2n) is 6.62. The number of nitrogens with two attached hydrogens (primary N) is 2. The first-order valence-corrected chi connectivity index (χ1v) is 10.0. The summed E-state index contributed by atoms with van der Waals surface area (Å²) < 4.78 is 54.4. The van der Waals surface area contributed by atoms with E-state index in [9.17, 15) is 22.0 Å². The molecule has 0 aliphatic carbocycles. The van der Waals surface area contributed by atoms with Crippen molar-refractivity contribution in [1.29, 1.82) is 0 Å². The van der Waals surface area contributed by atoms with E-state index in [1.807, 2.05) is 0 Å². The van der Waals surface area contributed by atoms with E-state index >= 15 is 0 Å². The minimum absolute atomic E-state index is 0.00957. The van der Waals surface area contributed by atoms with Crippen molar-refractivity contribution >= 4 is 38.5 Å². The zero-order valence-corrected chi connectivity index (χ0v) is 16.4. The molecule has 1 aromatic heterocycles. The molecular weight excluding hydrogens is 402 g/mol. The molecule has 0 saturated heterocycles. The highest BCUT2D eigenvalue weighted by Gasteiger charge is 2.25. The molecule has 0 spiro atoms. The van der Waals surface area contributed by atoms with Crippen LogP contribution in [0.3, 0.4) is 0 Å². The van der Waals surface area contributed by atoms with Gasteiger partial charge in [-0.15, -0.1) is 0 Å². The Balaban J connectivity index is 2.32. The molecule has 1 heterocycles. The molecule has 29 heavy (non-hydrogen) atoms. The molecule has 0 unspecified atom stereocenters. The summed E-state index contributed by atoms with van der Waals surface area (Å²) in [4.78, 5) is 15.6. The van der Waals surface area contributed by atoms with E-state index in [2.05, 4.69) is 4.98 Å². The molecule has 3 aromatic rings. The van der Waals surface area contributed by atoms with Crippen molar-refractivity contribution in [2.45, 2.75) is 19.1 Å². The number of imidazole rings is 1. The molecule has 0 radical (unpaired) electrons. The van der Waals surface area contributed by atoms with Crippen LogP contribution in [0.5, 0.6) is 0 Å². The first-order chi connectivity index (χ1) is 13.5. The summed E-state index contributed by atoms with van der Waals surface area (Å²) in [5.41, 5.74) is 11.5. The highest BCUT2D eigenvalue weighted by atomic mass is 32.2. The number of primary amides is 1. The van der Waals surface area contributed by atoms with Gasteiger partial charge in [0.25, 0.3) is 0 Å². The van der Waals surface area contributed by atoms with E-state index < -0.39 is 32.8 Å². The molecule has 0 fully saturated rings. The predicted octanol–water partition coefficient (Wildman–Crippen LogP) is 2.40. The number of hydrogen-bond donors (Lipinski definition) is 2. The highest BCUT2D eigenvalue weighted by Crippen LogP contribution is 2.30. The third kappa shape index (κ3) is 3.70. The number of anilines is 1. The summed E-state index contributed by atoms with van der Waals surface area (Å²) in [5, 5.41) is -0.785. The number of benzene rings is 2. The van der Waals surface area contributed by atoms with Crippen molar-refractivity contribution in [3.05, 3.63) is 65.2 Å². The lowest BCUT2D eigenvalue weighted by molar-refractivity contribution is -0.113. The van der Waals surface area contributed by atoms with Crippen molar-refractivity contribution in [3.63, 3.8) is 0 Å². The summed E-state index contributed by atoms with van der Waals surface area (Å²) in [6, 6.07) is 7.13. The number of amides is 1. The summed E-state index contributed by atoms with van der Waals surface area (Å²) in [6.45, 7) is 2.98. The zero-order chi connectivity index (χ0) is 21.5. The second kappa shape index (κ2) is 7.28. The van der Waals surface area contributed by atoms with Gasteiger partial charge in [-0.2, -0.15) is 0 Å². The van der Waals surface area contributed by atoms with Gasteiger partial charge in [-0.1, -0.05) is 6.07 Å². The van der Waals surface area contributed by atoms with Crippen LogP contribution in [0.15, 0.2) is 42.5 Å². The molecule has 0 bridgehead atoms. The molecule has 0 aliphatic heterocycles. The molecule has 0 saturated carbocycles. The van der Waals surface area contributed by atoms with Crippen molar-refractivity contribution in [3.8, 4) is 0 Å². The summed E-state index contributed by atoms with van der Waals surface area (Å²) in [7, 11) is -3.85. The van der Waals surface area contributed by atoms with E-state index in [0.717, 1.165) is 28.2 Å². The molecule has 10 heteroatoms. The quantitative estimate of drug-likeness (QED) is 0.614. The van der Waals surface area contributed by atoms with Gasteiger partial charge < -0.3 is 11.5 Å². The van der Waals surface area contributed by atoms with Crippen LogP contribution >= 0.6 is 0 Å². The standard InChI is InChI=1S/C19H18F2N4O3S/c1-10(2)29(27,28)25-17-7-11(3-6-16(17)24-19(25)23)13(9-18(22)26)14-8-12(20)4-5-15(14)21/h3-10H,1-2H3,(H2,22,26)(H2,23,24)/b13-9-. The average molecular weight is 420 g/mol. The number of hydrogen-bond acceptors (Lipinski definition) is 5. The molecular formula is C19H18F2N4O3S. The Labute approximate surface area is 165 Å². The van der Waals surface area contributed by atoms with Gasteiger partial charge in [-0.05, 0) is 55.3 Å². The minimum atomic E-state index is -3.85. The molecule has 7 nitrogen and oxygen atoms in total. The molecule has 152 valence electrons. The van der Waals surface area contributed by atoms with Crippen LogP contribution in [0, 0.1) is 11.6 Å². The van der Waals surface area contributed by atoms with Gasteiger partial charge in [-0.3, -0.25) is 4.79 Å². The molecule has 2 aromatic carbocycles. The molecule has 0 aliphatic rings. The van der Waals surface area contributed by atoms with Crippen molar-refractivity contribution < 1.29 is 22.0 Å². The molecule has 1 amide bonds. The number of carbonyl (C=O) groups excluding carboxylic acids is 1. The number of rotatable bonds is 5. The fourth-order valence-electron chi connectivity index (χ4n) is 2.88. The Morgan fingerprint density at radius 1 is 1.17 bits per heavy atom. The highest BCUT2D eigenvalue weighted by molar-refractivity contribution is 7.90. The predicted molar refractivity (Wildman–Crippen MR) is 106 cm³/mol. The number of halogens is 2. The third-order valence-electron chi connectivity index (χ3n) is 4.30. The summed E-state index contributed by atoms with van der Waals surface area (Å²) >= 11 is 0. The van der Waals surface area contributed by atoms with Crippen LogP contribution in [-0.2, 0) is 14.8 Å². The van der Waals surface area contributed by atoms with E-state index in [0.29, 0.717) is 0 Å². The molecule has 0 atom stereocenters. The summed E-state index contributed by atoms with van der Waals surface area (Å²) in [6.07, 6.45) is 0.944. The number of nitrogens with zero attached hydrogens (tertiary/aromatic N) is 2. The van der Waals surface area contributed by atoms with Gasteiger partial charge in [0.1, 0.15) is 11.6 Å². The maximum absolute atomic E-state index is 14.4. The lowest BCUT2D eigenvalue weighted by atomic mass is 9.96. The largest absolute Gasteiger partial charge is 0.368 e. The van der Waals surface area contributed by atoms with Gasteiger partial charge in [0.05, 0.1) is 16.3 Å². The fraction of sp³-hybridized carbons (Fsp3) is 0.158. The number of fused-ring (bicyclic) bond motifs is 1. The van der Waals surface area contributed by atoms with Crippen LogP contribution in [0.1, 0.15) is 25.0 Å². The van der Waals surface area contributed by atoms with Gasteiger partial charge in [0, 0.05) is 11.6 Å².